The molecule has 0 bridgehead atoms. The first-order valence-electron chi connectivity index (χ1n) is 10.9. The van der Waals surface area contributed by atoms with E-state index in [4.69, 9.17) is 9.15 Å². The Kier molecular flexibility index (Phi) is 5.21. The molecule has 2 fully saturated rings. The first-order chi connectivity index (χ1) is 15.7. The number of hydrogen-bond donors (Lipinski definition) is 1. The van der Waals surface area contributed by atoms with E-state index in [1.807, 2.05) is 6.92 Å². The van der Waals surface area contributed by atoms with Crippen LogP contribution in [0, 0.1) is 5.41 Å². The van der Waals surface area contributed by atoms with Gasteiger partial charge in [-0.1, -0.05) is 12.0 Å². The minimum absolute atomic E-state index is 0.0229. The van der Waals surface area contributed by atoms with Crippen molar-refractivity contribution in [3.8, 4) is 6.08 Å². The van der Waals surface area contributed by atoms with Crippen molar-refractivity contribution in [2.24, 2.45) is 5.41 Å². The average molecular weight is 461 g/mol. The maximum absolute atomic E-state index is 12.8. The van der Waals surface area contributed by atoms with Crippen LogP contribution in [0.3, 0.4) is 0 Å². The van der Waals surface area contributed by atoms with E-state index < -0.39 is 11.7 Å². The second-order valence-electron chi connectivity index (χ2n) is 8.89. The van der Waals surface area contributed by atoms with Crippen LogP contribution >= 0.6 is 0 Å². The summed E-state index contributed by atoms with van der Waals surface area (Å²) in [5.74, 6) is 0.426. The molecule has 1 spiro atoms. The second-order valence-corrected chi connectivity index (χ2v) is 8.89. The third-order valence-electron chi connectivity index (χ3n) is 6.36. The molecule has 0 radical (unpaired) electrons. The summed E-state index contributed by atoms with van der Waals surface area (Å²) in [6, 6.07) is 3.11. The van der Waals surface area contributed by atoms with E-state index in [1.54, 1.807) is 0 Å². The van der Waals surface area contributed by atoms with Crippen molar-refractivity contribution in [3.05, 3.63) is 41.5 Å². The quantitative estimate of drug-likeness (QED) is 0.585. The highest BCUT2D eigenvalue weighted by molar-refractivity contribution is 5.94. The minimum Gasteiger partial charge on any atom is -0.449 e. The largest absolute Gasteiger partial charge is 0.449 e. The molecule has 0 aliphatic heterocycles. The second kappa shape index (κ2) is 7.96. The first-order valence-corrected chi connectivity index (χ1v) is 10.9. The van der Waals surface area contributed by atoms with E-state index in [1.165, 1.54) is 12.3 Å². The van der Waals surface area contributed by atoms with Crippen molar-refractivity contribution in [1.29, 1.82) is 0 Å². The van der Waals surface area contributed by atoms with Crippen molar-refractivity contribution in [2.45, 2.75) is 57.2 Å². The van der Waals surface area contributed by atoms with Crippen LogP contribution < -0.4 is 10.1 Å². The van der Waals surface area contributed by atoms with Crippen LogP contribution in [0.4, 0.5) is 13.2 Å². The standard InChI is InChI=1S/C22H22F3N5O3/c1-2-5-32-20-30-29-19(33-20)12-7-21(8-12)9-14(10-21)27-18(31)17-11-26-16-6-13(22(23,24)25)3-4-15(16)28-17/h3-4,6,11-12,14H,2,5,7-10H2,1H3,(H,27,31). The van der Waals surface area contributed by atoms with Gasteiger partial charge >= 0.3 is 12.3 Å². The van der Waals surface area contributed by atoms with Gasteiger partial charge in [0.05, 0.1) is 29.4 Å². The van der Waals surface area contributed by atoms with Crippen LogP contribution in [0.25, 0.3) is 11.0 Å². The zero-order valence-electron chi connectivity index (χ0n) is 17.9. The van der Waals surface area contributed by atoms with Crippen molar-refractivity contribution in [3.63, 3.8) is 0 Å². The third kappa shape index (κ3) is 4.23. The lowest BCUT2D eigenvalue weighted by Gasteiger charge is -2.56. The fourth-order valence-electron chi connectivity index (χ4n) is 4.77. The number of amides is 1. The molecule has 0 unspecified atom stereocenters. The molecule has 2 aliphatic carbocycles. The van der Waals surface area contributed by atoms with Crippen LogP contribution in [0.1, 0.15) is 66.9 Å². The molecule has 2 aromatic heterocycles. The smallest absolute Gasteiger partial charge is 0.416 e. The van der Waals surface area contributed by atoms with Gasteiger partial charge < -0.3 is 14.5 Å². The summed E-state index contributed by atoms with van der Waals surface area (Å²) in [5, 5.41) is 10.9. The lowest BCUT2D eigenvalue weighted by molar-refractivity contribution is -0.137. The van der Waals surface area contributed by atoms with Crippen molar-refractivity contribution in [1.82, 2.24) is 25.5 Å². The van der Waals surface area contributed by atoms with Crippen LogP contribution in [0.15, 0.2) is 28.8 Å². The number of carbonyl (C=O) groups excluding carboxylic acids is 1. The molecule has 8 nitrogen and oxygen atoms in total. The molecule has 174 valence electrons. The molecule has 2 heterocycles. The topological polar surface area (TPSA) is 103 Å². The Hall–Kier alpha value is -3.24. The molecule has 2 saturated carbocycles. The number of aromatic nitrogens is 4. The molecule has 5 rings (SSSR count). The van der Waals surface area contributed by atoms with Gasteiger partial charge in [0, 0.05) is 12.0 Å². The van der Waals surface area contributed by atoms with Gasteiger partial charge in [-0.25, -0.2) is 4.98 Å². The maximum atomic E-state index is 12.8. The van der Waals surface area contributed by atoms with Gasteiger partial charge in [-0.2, -0.15) is 13.2 Å². The number of rotatable bonds is 6. The summed E-state index contributed by atoms with van der Waals surface area (Å²) in [5.41, 5.74) is -0.214. The summed E-state index contributed by atoms with van der Waals surface area (Å²) in [6.45, 7) is 2.53. The van der Waals surface area contributed by atoms with Crippen LogP contribution in [0.5, 0.6) is 6.08 Å². The molecular formula is C22H22F3N5O3. The normalized spacial score (nSPS) is 24.4. The van der Waals surface area contributed by atoms with Crippen LogP contribution in [-0.4, -0.2) is 38.7 Å². The highest BCUT2D eigenvalue weighted by atomic mass is 19.4. The third-order valence-corrected chi connectivity index (χ3v) is 6.36. The van der Waals surface area contributed by atoms with Gasteiger partial charge in [0.25, 0.3) is 5.91 Å². The highest BCUT2D eigenvalue weighted by Gasteiger charge is 2.55. The lowest BCUT2D eigenvalue weighted by atomic mass is 9.50. The Labute approximate surface area is 187 Å². The summed E-state index contributed by atoms with van der Waals surface area (Å²) in [4.78, 5) is 20.7. The number of fused-ring (bicyclic) bond motifs is 1. The van der Waals surface area contributed by atoms with Crippen molar-refractivity contribution in [2.75, 3.05) is 6.61 Å². The van der Waals surface area contributed by atoms with Gasteiger partial charge in [-0.05, 0) is 55.7 Å². The summed E-state index contributed by atoms with van der Waals surface area (Å²) in [6.07, 6.45) is 1.36. The van der Waals surface area contributed by atoms with E-state index in [0.29, 0.717) is 12.5 Å². The Morgan fingerprint density at radius 2 is 2.00 bits per heavy atom. The fourth-order valence-corrected chi connectivity index (χ4v) is 4.77. The number of alkyl halides is 3. The Morgan fingerprint density at radius 3 is 2.73 bits per heavy atom. The summed E-state index contributed by atoms with van der Waals surface area (Å²) < 4.78 is 49.5. The molecule has 1 N–H and O–H groups in total. The van der Waals surface area contributed by atoms with Gasteiger partial charge in [0.15, 0.2) is 0 Å². The Balaban J connectivity index is 1.14. The number of benzene rings is 1. The number of carbonyl (C=O) groups is 1. The number of hydrogen-bond acceptors (Lipinski definition) is 7. The molecule has 1 amide bonds. The average Bonchev–Trinajstić information content (AvgIpc) is 3.19. The van der Waals surface area contributed by atoms with Gasteiger partial charge in [-0.3, -0.25) is 9.78 Å². The van der Waals surface area contributed by atoms with Gasteiger partial charge in [0.1, 0.15) is 5.69 Å². The monoisotopic (exact) mass is 461 g/mol. The number of halogens is 3. The van der Waals surface area contributed by atoms with Crippen molar-refractivity contribution < 1.29 is 27.1 Å². The fraction of sp³-hybridized carbons (Fsp3) is 0.500. The van der Waals surface area contributed by atoms with Crippen LogP contribution in [-0.2, 0) is 6.18 Å². The van der Waals surface area contributed by atoms with Gasteiger partial charge in [-0.15, -0.1) is 5.10 Å². The first kappa shape index (κ1) is 21.6. The zero-order chi connectivity index (χ0) is 23.2. The molecule has 0 saturated heterocycles. The van der Waals surface area contributed by atoms with E-state index >= 15 is 0 Å². The maximum Gasteiger partial charge on any atom is 0.416 e. The van der Waals surface area contributed by atoms with E-state index in [2.05, 4.69) is 25.5 Å². The van der Waals surface area contributed by atoms with E-state index in [0.717, 1.165) is 44.2 Å². The number of ether oxygens (including phenoxy) is 1. The molecule has 11 heteroatoms. The molecule has 3 aromatic rings. The number of nitrogens with one attached hydrogen (secondary N) is 1. The van der Waals surface area contributed by atoms with E-state index in [-0.39, 0.29) is 46.1 Å². The zero-order valence-corrected chi connectivity index (χ0v) is 17.9. The van der Waals surface area contributed by atoms with Crippen LogP contribution in [0.2, 0.25) is 0 Å². The molecule has 0 atom stereocenters. The predicted octanol–water partition coefficient (Wildman–Crippen LogP) is 4.28. The molecule has 1 aromatic carbocycles. The van der Waals surface area contributed by atoms with Crippen molar-refractivity contribution >= 4 is 16.9 Å². The Bertz CT molecular complexity index is 1180. The molecule has 33 heavy (non-hydrogen) atoms. The summed E-state index contributed by atoms with van der Waals surface area (Å²) in [7, 11) is 0. The van der Waals surface area contributed by atoms with Gasteiger partial charge in [0.2, 0.25) is 5.89 Å². The highest BCUT2D eigenvalue weighted by Crippen LogP contribution is 2.61. The predicted molar refractivity (Wildman–Crippen MR) is 110 cm³/mol. The Morgan fingerprint density at radius 1 is 1.21 bits per heavy atom. The van der Waals surface area contributed by atoms with E-state index in [9.17, 15) is 18.0 Å². The number of nitrogens with zero attached hydrogens (tertiary/aromatic N) is 4. The lowest BCUT2D eigenvalue weighted by Crippen LogP contribution is -2.55. The minimum atomic E-state index is -4.46. The molecule has 2 aliphatic rings. The summed E-state index contributed by atoms with van der Waals surface area (Å²) >= 11 is 0. The molecular weight excluding hydrogens is 439 g/mol. The SMILES string of the molecule is CCCOc1nnc(C2CC3(CC(NC(=O)c4cnc5cc(C(F)(F)F)ccc5n4)C3)C2)o1.